The molecular formula is C46H36Br2IN2O2+. The van der Waals surface area contributed by atoms with Crippen LogP contribution in [0, 0.1) is 9.65 Å². The summed E-state index contributed by atoms with van der Waals surface area (Å²) in [6.45, 7) is 9.13. The van der Waals surface area contributed by atoms with Gasteiger partial charge in [0.2, 0.25) is 5.70 Å². The van der Waals surface area contributed by atoms with Crippen molar-refractivity contribution in [2.24, 2.45) is 5.73 Å². The maximum absolute atomic E-state index is 6.44. The van der Waals surface area contributed by atoms with Crippen LogP contribution in [0.25, 0.3) is 44.6 Å². The SMILES string of the molecule is CC1(C)c2ccccc2-c2oc3c(I)cccc3c21.CC1(C)c2ccccc2-c2oc3c(Nc4ccccc4Br)cccc3c21.NC1=[C+]C=CC=C1Br. The van der Waals surface area contributed by atoms with E-state index in [4.69, 9.17) is 14.6 Å². The fraction of sp³-hybridized carbons (Fsp3) is 0.130. The molecule has 53 heavy (non-hydrogen) atoms. The number of halogens is 3. The molecule has 0 saturated carbocycles. The van der Waals surface area contributed by atoms with Gasteiger partial charge in [-0.2, -0.15) is 0 Å². The molecule has 0 radical (unpaired) electrons. The number of hydrogen-bond acceptors (Lipinski definition) is 4. The van der Waals surface area contributed by atoms with E-state index >= 15 is 0 Å². The maximum Gasteiger partial charge on any atom is 0.215 e. The van der Waals surface area contributed by atoms with Gasteiger partial charge in [-0.1, -0.05) is 113 Å². The van der Waals surface area contributed by atoms with E-state index in [0.29, 0.717) is 5.70 Å². The zero-order chi connectivity index (χ0) is 37.1. The molecule has 0 bridgehead atoms. The van der Waals surface area contributed by atoms with Crippen molar-refractivity contribution in [2.45, 2.75) is 38.5 Å². The van der Waals surface area contributed by atoms with Crippen LogP contribution in [0.15, 0.2) is 151 Å². The standard InChI is InChI=1S/C23H18BrNO.C17H13IO.C6H5BrN/c1-23(2)16-10-4-3-8-14(16)22-20(23)15-9-7-13-19(21(15)26-22)25-18-12-6-5-11-17(18)24;1-17(2)12-8-4-3-6-10(12)16-14(17)11-7-5-9-13(18)15(11)19-16;7-5-3-1-2-4-6(5)8/h3-13,25H,1-2H3;3-9H,1-2H3;1-3H,8H2/q;;+1. The highest BCUT2D eigenvalue weighted by molar-refractivity contribution is 14.1. The van der Waals surface area contributed by atoms with Crippen LogP contribution < -0.4 is 11.1 Å². The van der Waals surface area contributed by atoms with Crippen molar-refractivity contribution in [3.05, 3.63) is 174 Å². The number of furan rings is 2. The van der Waals surface area contributed by atoms with E-state index in [0.717, 1.165) is 43.0 Å². The molecule has 0 amide bonds. The summed E-state index contributed by atoms with van der Waals surface area (Å²) in [6, 6.07) is 38.0. The summed E-state index contributed by atoms with van der Waals surface area (Å²) in [5.74, 6) is 2.06. The van der Waals surface area contributed by atoms with Gasteiger partial charge in [-0.3, -0.25) is 0 Å². The normalized spacial score (nSPS) is 15.1. The maximum atomic E-state index is 6.44. The Balaban J connectivity index is 0.000000129. The monoisotopic (exact) mass is 933 g/mol. The van der Waals surface area contributed by atoms with Gasteiger partial charge < -0.3 is 19.9 Å². The van der Waals surface area contributed by atoms with Crippen molar-refractivity contribution in [1.82, 2.24) is 0 Å². The first kappa shape index (κ1) is 35.6. The molecule has 0 unspecified atom stereocenters. The lowest BCUT2D eigenvalue weighted by Gasteiger charge is -2.20. The number of hydrogen-bond donors (Lipinski definition) is 2. The molecule has 3 aliphatic rings. The smallest absolute Gasteiger partial charge is 0.215 e. The quantitative estimate of drug-likeness (QED) is 0.134. The van der Waals surface area contributed by atoms with Gasteiger partial charge in [-0.25, -0.2) is 0 Å². The third-order valence-corrected chi connectivity index (χ3v) is 12.5. The molecule has 5 aromatic carbocycles. The van der Waals surface area contributed by atoms with Crippen LogP contribution in [0.2, 0.25) is 0 Å². The Kier molecular flexibility index (Phi) is 9.26. The predicted molar refractivity (Wildman–Crippen MR) is 235 cm³/mol. The number of benzene rings is 5. The third-order valence-electron chi connectivity index (χ3n) is 10.3. The van der Waals surface area contributed by atoms with Gasteiger partial charge >= 0.3 is 0 Å². The summed E-state index contributed by atoms with van der Waals surface area (Å²) >= 11 is 9.19. The lowest BCUT2D eigenvalue weighted by Crippen LogP contribution is -2.14. The predicted octanol–water partition coefficient (Wildman–Crippen LogP) is 14.1. The lowest BCUT2D eigenvalue weighted by molar-refractivity contribution is 0.618. The molecule has 0 atom stereocenters. The summed E-state index contributed by atoms with van der Waals surface area (Å²) in [4.78, 5) is 0. The van der Waals surface area contributed by atoms with Crippen LogP contribution in [-0.4, -0.2) is 0 Å². The molecule has 3 N–H and O–H groups in total. The minimum Gasteiger partial charge on any atom is -0.455 e. The molecule has 7 heteroatoms. The van der Waals surface area contributed by atoms with Crippen molar-refractivity contribution < 1.29 is 8.83 Å². The summed E-state index contributed by atoms with van der Waals surface area (Å²) < 4.78 is 15.7. The topological polar surface area (TPSA) is 64.3 Å². The van der Waals surface area contributed by atoms with Crippen LogP contribution in [0.5, 0.6) is 0 Å². The molecule has 0 aliphatic heterocycles. The van der Waals surface area contributed by atoms with E-state index in [9.17, 15) is 0 Å². The second kappa shape index (κ2) is 13.8. The Morgan fingerprint density at radius 2 is 1.17 bits per heavy atom. The van der Waals surface area contributed by atoms with Crippen molar-refractivity contribution in [2.75, 3.05) is 5.32 Å². The van der Waals surface area contributed by atoms with Crippen molar-refractivity contribution >= 4 is 87.8 Å². The Labute approximate surface area is 340 Å². The van der Waals surface area contributed by atoms with Crippen LogP contribution >= 0.6 is 54.5 Å². The molecule has 2 heterocycles. The molecule has 7 aromatic rings. The van der Waals surface area contributed by atoms with Gasteiger partial charge in [0.15, 0.2) is 10.1 Å². The van der Waals surface area contributed by atoms with Crippen LogP contribution in [-0.2, 0) is 10.8 Å². The first-order valence-corrected chi connectivity index (χ1v) is 20.1. The number of allylic oxidation sites excluding steroid dienone is 5. The van der Waals surface area contributed by atoms with Crippen molar-refractivity contribution in [1.29, 1.82) is 0 Å². The summed E-state index contributed by atoms with van der Waals surface area (Å²) in [7, 11) is 0. The number of fused-ring (bicyclic) bond motifs is 10. The highest BCUT2D eigenvalue weighted by Gasteiger charge is 2.41. The molecule has 10 rings (SSSR count). The van der Waals surface area contributed by atoms with E-state index in [2.05, 4.69) is 185 Å². The molecule has 0 spiro atoms. The van der Waals surface area contributed by atoms with Gasteiger partial charge in [0.05, 0.1) is 27.1 Å². The van der Waals surface area contributed by atoms with Gasteiger partial charge in [-0.15, -0.1) is 0 Å². The molecule has 3 aliphatic carbocycles. The Morgan fingerprint density at radius 1 is 0.642 bits per heavy atom. The zero-order valence-corrected chi connectivity index (χ0v) is 35.0. The number of rotatable bonds is 2. The van der Waals surface area contributed by atoms with Gasteiger partial charge in [0.1, 0.15) is 23.2 Å². The van der Waals surface area contributed by atoms with Crippen molar-refractivity contribution in [3.8, 4) is 22.6 Å². The Bertz CT molecular complexity index is 2640. The van der Waals surface area contributed by atoms with Gasteiger partial charge in [0.25, 0.3) is 0 Å². The highest BCUT2D eigenvalue weighted by Crippen LogP contribution is 2.55. The third kappa shape index (κ3) is 6.08. The fourth-order valence-electron chi connectivity index (χ4n) is 7.78. The molecule has 262 valence electrons. The summed E-state index contributed by atoms with van der Waals surface area (Å²) in [5.41, 5.74) is 17.7. The summed E-state index contributed by atoms with van der Waals surface area (Å²) in [6.07, 6.45) is 8.36. The van der Waals surface area contributed by atoms with E-state index < -0.39 is 0 Å². The minimum atomic E-state index is -0.0663. The van der Waals surface area contributed by atoms with E-state index in [-0.39, 0.29) is 10.8 Å². The Morgan fingerprint density at radius 3 is 1.75 bits per heavy atom. The van der Waals surface area contributed by atoms with E-state index in [1.165, 1.54) is 47.7 Å². The number of nitrogens with two attached hydrogens (primary N) is 1. The second-order valence-corrected chi connectivity index (χ2v) is 17.2. The zero-order valence-electron chi connectivity index (χ0n) is 29.7. The number of anilines is 2. The summed E-state index contributed by atoms with van der Waals surface area (Å²) in [5, 5.41) is 5.95. The van der Waals surface area contributed by atoms with Crippen molar-refractivity contribution in [3.63, 3.8) is 0 Å². The molecule has 4 nitrogen and oxygen atoms in total. The highest BCUT2D eigenvalue weighted by atomic mass is 127. The largest absolute Gasteiger partial charge is 0.455 e. The van der Waals surface area contributed by atoms with E-state index in [1.54, 1.807) is 6.08 Å². The van der Waals surface area contributed by atoms with Crippen LogP contribution in [0.3, 0.4) is 0 Å². The lowest BCUT2D eigenvalue weighted by atomic mass is 9.81. The fourth-order valence-corrected chi connectivity index (χ4v) is 9.04. The molecule has 0 saturated heterocycles. The van der Waals surface area contributed by atoms with Crippen LogP contribution in [0.4, 0.5) is 11.4 Å². The first-order chi connectivity index (χ1) is 25.5. The minimum absolute atomic E-state index is 0.0155. The van der Waals surface area contributed by atoms with Gasteiger partial charge in [-0.05, 0) is 73.9 Å². The average molecular weight is 936 g/mol. The molecule has 0 fully saturated rings. The second-order valence-electron chi connectivity index (χ2n) is 14.3. The van der Waals surface area contributed by atoms with E-state index in [1.807, 2.05) is 30.4 Å². The molecule has 2 aromatic heterocycles. The number of nitrogens with one attached hydrogen (secondary N) is 1. The van der Waals surface area contributed by atoms with Gasteiger partial charge in [0, 0.05) is 70.3 Å². The Hall–Kier alpha value is -4.40. The first-order valence-electron chi connectivity index (χ1n) is 17.4. The van der Waals surface area contributed by atoms with Crippen LogP contribution in [0.1, 0.15) is 49.9 Å². The molecular weight excluding hydrogens is 899 g/mol. The number of para-hydroxylation sites is 3. The average Bonchev–Trinajstić information content (AvgIpc) is 3.86.